The molecule has 163 valence electrons. The monoisotopic (exact) mass is 529 g/mol. The fourth-order valence-electron chi connectivity index (χ4n) is 3.12. The van der Waals surface area contributed by atoms with Gasteiger partial charge in [0.2, 0.25) is 0 Å². The van der Waals surface area contributed by atoms with Gasteiger partial charge in [0.25, 0.3) is 0 Å². The molecule has 0 N–H and O–H groups in total. The van der Waals surface area contributed by atoms with Gasteiger partial charge >= 0.3 is 0 Å². The van der Waals surface area contributed by atoms with Crippen molar-refractivity contribution < 1.29 is 0 Å². The van der Waals surface area contributed by atoms with Gasteiger partial charge in [0.05, 0.1) is 0 Å². The fraction of sp³-hybridized carbons (Fsp3) is 0.250. The highest BCUT2D eigenvalue weighted by Gasteiger charge is 2.31. The molecule has 0 unspecified atom stereocenters. The van der Waals surface area contributed by atoms with Crippen molar-refractivity contribution in [1.29, 1.82) is 0 Å². The highest BCUT2D eigenvalue weighted by Crippen LogP contribution is 2.14. The molecule has 3 rings (SSSR count). The number of hydrogen-bond acceptors (Lipinski definition) is 3. The summed E-state index contributed by atoms with van der Waals surface area (Å²) in [6.45, 7) is 26.8. The Morgan fingerprint density at radius 2 is 0.806 bits per heavy atom. The molecule has 0 saturated heterocycles. The lowest BCUT2D eigenvalue weighted by molar-refractivity contribution is 1.86. The predicted octanol–water partition coefficient (Wildman–Crippen LogP) is 4.31. The van der Waals surface area contributed by atoms with E-state index in [2.05, 4.69) is 113 Å². The molecular weight excluding hydrogens is 497 g/mol. The van der Waals surface area contributed by atoms with E-state index in [1.54, 1.807) is 13.5 Å². The van der Waals surface area contributed by atoms with E-state index in [4.69, 9.17) is 0 Å². The van der Waals surface area contributed by atoms with Gasteiger partial charge in [0.15, 0.2) is 8.80 Å². The number of rotatable bonds is 9. The number of hydrogen-bond donors (Lipinski definition) is 0. The van der Waals surface area contributed by atoms with E-state index in [-0.39, 0.29) is 0 Å². The summed E-state index contributed by atoms with van der Waals surface area (Å²) in [6, 6.07) is 14.4. The molecule has 1 radical (unpaired) electrons. The van der Waals surface area contributed by atoms with Gasteiger partial charge in [-0.3, -0.25) is 0 Å². The average molecular weight is 530 g/mol. The molecule has 0 bridgehead atoms. The minimum Gasteiger partial charge on any atom is -0.154 e. The topological polar surface area (TPSA) is 0 Å². The van der Waals surface area contributed by atoms with Crippen LogP contribution in [0, 0.1) is 0 Å². The first-order valence-corrected chi connectivity index (χ1v) is 23.7. The van der Waals surface area contributed by atoms with Crippen LogP contribution < -0.4 is 27.0 Å². The first-order chi connectivity index (χ1) is 14.4. The first kappa shape index (κ1) is 24.8. The zero-order valence-electron chi connectivity index (χ0n) is 19.5. The summed E-state index contributed by atoms with van der Waals surface area (Å²) in [5.41, 5.74) is 6.62. The average Bonchev–Trinajstić information content (AvgIpc) is 3.50. The highest BCUT2D eigenvalue weighted by atomic mass is 32.1. The Labute approximate surface area is 205 Å². The van der Waals surface area contributed by atoms with E-state index in [0.717, 1.165) is 0 Å². The van der Waals surface area contributed by atoms with Crippen molar-refractivity contribution in [2.24, 2.45) is 0 Å². The molecule has 31 heavy (non-hydrogen) atoms. The lowest BCUT2D eigenvalue weighted by Crippen LogP contribution is -2.49. The smallest absolute Gasteiger partial charge is 0.154 e. The maximum Gasteiger partial charge on any atom is 0.193 e. The van der Waals surface area contributed by atoms with Crippen molar-refractivity contribution in [3.8, 4) is 0 Å². The second-order valence-corrected chi connectivity index (χ2v) is 30.6. The molecule has 0 atom stereocenters. The van der Waals surface area contributed by atoms with Gasteiger partial charge in [-0.15, -0.1) is 19.7 Å². The number of thiophene rings is 3. The summed E-state index contributed by atoms with van der Waals surface area (Å²) in [5.74, 6) is 0. The summed E-state index contributed by atoms with van der Waals surface area (Å²) in [7, 11) is -5.64. The molecule has 0 aliphatic rings. The third-order valence-electron chi connectivity index (χ3n) is 5.99. The SMILES string of the molecule is C=C[Si](C)(C)c1ccc([Si](c2ccc([Si](C)(C)C=C)s2)c2ccc([Si](C)(C)C=C)s2)s1. The fourth-order valence-corrected chi connectivity index (χ4v) is 18.9. The van der Waals surface area contributed by atoms with E-state index in [0.29, 0.717) is 0 Å². The molecule has 3 aromatic rings. The molecule has 0 aliphatic heterocycles. The Bertz CT molecular complexity index is 959. The summed E-state index contributed by atoms with van der Waals surface area (Å²) in [4.78, 5) is 0. The third kappa shape index (κ3) is 5.08. The molecule has 0 spiro atoms. The molecular formula is C24H33S3Si4. The standard InChI is InChI=1S/C24H33S3Si4/c1-10-29(4,5)22-16-13-19(25-22)28(20-14-17-23(26-20)30(6,7)11-2)21-15-18-24(27-21)31(8,9)12-3/h10-18H,1-3H2,4-9H3. The normalized spacial score (nSPS) is 12.9. The van der Waals surface area contributed by atoms with Gasteiger partial charge < -0.3 is 0 Å². The predicted molar refractivity (Wildman–Crippen MR) is 160 cm³/mol. The second-order valence-electron chi connectivity index (χ2n) is 9.64. The van der Waals surface area contributed by atoms with Crippen molar-refractivity contribution in [1.82, 2.24) is 0 Å². The lowest BCUT2D eigenvalue weighted by atomic mass is 10.7. The van der Waals surface area contributed by atoms with E-state index < -0.39 is 33.0 Å². The van der Waals surface area contributed by atoms with Crippen LogP contribution in [0.2, 0.25) is 39.3 Å². The van der Waals surface area contributed by atoms with Crippen LogP contribution in [0.1, 0.15) is 0 Å². The molecule has 0 aromatic carbocycles. The maximum atomic E-state index is 4.13. The minimum atomic E-state index is -1.55. The molecule has 3 aromatic heterocycles. The summed E-state index contributed by atoms with van der Waals surface area (Å²) in [6.07, 6.45) is 0. The minimum absolute atomic E-state index is 0.998. The summed E-state index contributed by atoms with van der Waals surface area (Å²) < 4.78 is 9.28. The van der Waals surface area contributed by atoms with Crippen molar-refractivity contribution in [3.05, 3.63) is 73.2 Å². The van der Waals surface area contributed by atoms with Crippen molar-refractivity contribution >= 4 is 94.0 Å². The van der Waals surface area contributed by atoms with Crippen molar-refractivity contribution in [2.75, 3.05) is 0 Å². The van der Waals surface area contributed by atoms with Crippen LogP contribution in [0.4, 0.5) is 0 Å². The van der Waals surface area contributed by atoms with Gasteiger partial charge in [0.1, 0.15) is 24.2 Å². The summed E-state index contributed by atoms with van der Waals surface area (Å²) >= 11 is 6.12. The van der Waals surface area contributed by atoms with Crippen LogP contribution in [0.15, 0.2) is 73.2 Å². The molecule has 0 aliphatic carbocycles. The Morgan fingerprint density at radius 3 is 1.03 bits per heavy atom. The molecule has 0 saturated carbocycles. The van der Waals surface area contributed by atoms with Crippen LogP contribution in [-0.4, -0.2) is 33.0 Å². The van der Waals surface area contributed by atoms with E-state index in [1.807, 2.05) is 34.0 Å². The lowest BCUT2D eigenvalue weighted by Gasteiger charge is -2.16. The molecule has 0 amide bonds. The van der Waals surface area contributed by atoms with Crippen molar-refractivity contribution in [2.45, 2.75) is 39.3 Å². The maximum absolute atomic E-state index is 4.13. The van der Waals surface area contributed by atoms with Crippen LogP contribution >= 0.6 is 34.0 Å². The van der Waals surface area contributed by atoms with E-state index in [1.165, 1.54) is 13.5 Å². The van der Waals surface area contributed by atoms with Crippen molar-refractivity contribution in [3.63, 3.8) is 0 Å². The summed E-state index contributed by atoms with van der Waals surface area (Å²) in [5, 5.41) is 0. The first-order valence-electron chi connectivity index (χ1n) is 10.5. The highest BCUT2D eigenvalue weighted by molar-refractivity contribution is 7.46. The third-order valence-corrected chi connectivity index (χ3v) is 25.9. The van der Waals surface area contributed by atoms with Crippen LogP contribution in [0.3, 0.4) is 0 Å². The Hall–Kier alpha value is -0.812. The Kier molecular flexibility index (Phi) is 7.37. The van der Waals surface area contributed by atoms with E-state index in [9.17, 15) is 0 Å². The largest absolute Gasteiger partial charge is 0.193 e. The van der Waals surface area contributed by atoms with E-state index >= 15 is 0 Å². The Morgan fingerprint density at radius 1 is 0.548 bits per heavy atom. The van der Waals surface area contributed by atoms with Gasteiger partial charge in [-0.05, 0) is 13.5 Å². The van der Waals surface area contributed by atoms with Gasteiger partial charge in [-0.1, -0.05) is 92.8 Å². The van der Waals surface area contributed by atoms with Gasteiger partial charge in [-0.2, -0.15) is 34.0 Å². The second kappa shape index (κ2) is 9.21. The zero-order valence-corrected chi connectivity index (χ0v) is 26.0. The molecule has 7 heteroatoms. The Balaban J connectivity index is 2.13. The van der Waals surface area contributed by atoms with Gasteiger partial charge in [0, 0.05) is 13.5 Å². The molecule has 0 nitrogen and oxygen atoms in total. The van der Waals surface area contributed by atoms with Crippen LogP contribution in [0.25, 0.3) is 0 Å². The van der Waals surface area contributed by atoms with Crippen LogP contribution in [0.5, 0.6) is 0 Å². The quantitative estimate of drug-likeness (QED) is 0.362. The van der Waals surface area contributed by atoms with Gasteiger partial charge in [-0.25, -0.2) is 0 Å². The molecule has 0 fully saturated rings. The van der Waals surface area contributed by atoms with Crippen LogP contribution in [-0.2, 0) is 0 Å². The molecule has 3 heterocycles. The zero-order chi connectivity index (χ0) is 23.0.